The first-order valence-corrected chi connectivity index (χ1v) is 6.39. The monoisotopic (exact) mass is 235 g/mol. The minimum atomic E-state index is 0.0871. The number of nitrogens with zero attached hydrogens (tertiary/aromatic N) is 2. The topological polar surface area (TPSA) is 37.3 Å². The first-order valence-electron chi connectivity index (χ1n) is 6.39. The lowest BCUT2D eigenvalue weighted by Gasteiger charge is -2.30. The van der Waals surface area contributed by atoms with Gasteiger partial charge < -0.3 is 14.8 Å². The molecule has 17 heavy (non-hydrogen) atoms. The summed E-state index contributed by atoms with van der Waals surface area (Å²) in [5, 5.41) is 2.97. The van der Waals surface area contributed by atoms with Crippen molar-refractivity contribution in [2.75, 3.05) is 19.6 Å². The van der Waals surface area contributed by atoms with Crippen LogP contribution in [0.15, 0.2) is 24.5 Å². The summed E-state index contributed by atoms with van der Waals surface area (Å²) in [7, 11) is 0. The highest BCUT2D eigenvalue weighted by Gasteiger charge is 2.19. The summed E-state index contributed by atoms with van der Waals surface area (Å²) in [6.07, 6.45) is 6.28. The molecule has 4 nitrogen and oxygen atoms in total. The van der Waals surface area contributed by atoms with E-state index in [4.69, 9.17) is 0 Å². The third-order valence-corrected chi connectivity index (χ3v) is 3.38. The fraction of sp³-hybridized carbons (Fsp3) is 0.615. The van der Waals surface area contributed by atoms with Crippen LogP contribution in [-0.2, 0) is 6.54 Å². The van der Waals surface area contributed by atoms with Crippen molar-refractivity contribution >= 4 is 6.03 Å². The number of hydrogen-bond donors (Lipinski definition) is 1. The largest absolute Gasteiger partial charge is 0.353 e. The van der Waals surface area contributed by atoms with E-state index in [-0.39, 0.29) is 6.03 Å². The first-order chi connectivity index (χ1) is 8.25. The van der Waals surface area contributed by atoms with Crippen LogP contribution in [0.5, 0.6) is 0 Å². The number of aromatic nitrogens is 1. The van der Waals surface area contributed by atoms with Crippen molar-refractivity contribution < 1.29 is 4.79 Å². The van der Waals surface area contributed by atoms with E-state index < -0.39 is 0 Å². The molecular formula is C13H21N3O. The summed E-state index contributed by atoms with van der Waals surface area (Å²) in [4.78, 5) is 13.8. The Bertz CT molecular complexity index is 340. The van der Waals surface area contributed by atoms with Gasteiger partial charge in [0.2, 0.25) is 0 Å². The Labute approximate surface area is 103 Å². The van der Waals surface area contributed by atoms with Crippen molar-refractivity contribution in [2.24, 2.45) is 5.92 Å². The molecule has 0 aliphatic carbocycles. The van der Waals surface area contributed by atoms with Crippen LogP contribution >= 0.6 is 0 Å². The van der Waals surface area contributed by atoms with Gasteiger partial charge in [-0.25, -0.2) is 4.79 Å². The summed E-state index contributed by atoms with van der Waals surface area (Å²) in [5.74, 6) is 0.763. The second-order valence-electron chi connectivity index (χ2n) is 4.82. The van der Waals surface area contributed by atoms with Crippen LogP contribution in [0.4, 0.5) is 4.79 Å². The number of carbonyl (C=O) groups excluding carboxylic acids is 1. The van der Waals surface area contributed by atoms with Crippen molar-refractivity contribution in [3.05, 3.63) is 24.5 Å². The summed E-state index contributed by atoms with van der Waals surface area (Å²) >= 11 is 0. The molecule has 2 heterocycles. The number of carbonyl (C=O) groups is 1. The average molecular weight is 235 g/mol. The maximum Gasteiger partial charge on any atom is 0.317 e. The second-order valence-corrected chi connectivity index (χ2v) is 4.82. The average Bonchev–Trinajstić information content (AvgIpc) is 2.83. The molecular weight excluding hydrogens is 214 g/mol. The Morgan fingerprint density at radius 2 is 1.94 bits per heavy atom. The lowest BCUT2D eigenvalue weighted by molar-refractivity contribution is 0.174. The van der Waals surface area contributed by atoms with Crippen LogP contribution in [-0.4, -0.2) is 35.1 Å². The highest BCUT2D eigenvalue weighted by atomic mass is 16.2. The number of likely N-dealkylation sites (tertiary alicyclic amines) is 1. The van der Waals surface area contributed by atoms with E-state index in [0.29, 0.717) is 6.54 Å². The molecule has 4 heteroatoms. The molecule has 1 aliphatic rings. The molecule has 0 unspecified atom stereocenters. The lowest BCUT2D eigenvalue weighted by atomic mass is 10.00. The van der Waals surface area contributed by atoms with Gasteiger partial charge in [-0.1, -0.05) is 6.92 Å². The SMILES string of the molecule is CC1CCN(C(=O)NCCn2cccc2)CC1. The standard InChI is InChI=1S/C13H21N3O/c1-12-4-9-16(10-5-12)13(17)14-6-11-15-7-2-3-8-15/h2-3,7-8,12H,4-6,9-11H2,1H3,(H,14,17). The molecule has 2 rings (SSSR count). The fourth-order valence-corrected chi connectivity index (χ4v) is 2.13. The summed E-state index contributed by atoms with van der Waals surface area (Å²) in [6, 6.07) is 4.07. The normalized spacial score (nSPS) is 17.1. The molecule has 0 aromatic carbocycles. The van der Waals surface area contributed by atoms with E-state index in [1.54, 1.807) is 0 Å². The van der Waals surface area contributed by atoms with Gasteiger partial charge in [-0.15, -0.1) is 0 Å². The Balaban J connectivity index is 1.67. The van der Waals surface area contributed by atoms with Gasteiger partial charge >= 0.3 is 6.03 Å². The second kappa shape index (κ2) is 5.75. The Morgan fingerprint density at radius 3 is 2.59 bits per heavy atom. The van der Waals surface area contributed by atoms with Crippen LogP contribution in [0.1, 0.15) is 19.8 Å². The lowest BCUT2D eigenvalue weighted by Crippen LogP contribution is -2.44. The molecule has 0 bridgehead atoms. The number of amides is 2. The van der Waals surface area contributed by atoms with Crippen LogP contribution in [0.2, 0.25) is 0 Å². The number of piperidine rings is 1. The molecule has 1 aromatic heterocycles. The molecule has 1 saturated heterocycles. The van der Waals surface area contributed by atoms with Crippen molar-refractivity contribution in [3.8, 4) is 0 Å². The molecule has 1 aliphatic heterocycles. The van der Waals surface area contributed by atoms with Gasteiger partial charge in [0, 0.05) is 38.6 Å². The molecule has 0 saturated carbocycles. The Hall–Kier alpha value is -1.45. The highest BCUT2D eigenvalue weighted by Crippen LogP contribution is 2.15. The zero-order valence-electron chi connectivity index (χ0n) is 10.4. The minimum Gasteiger partial charge on any atom is -0.353 e. The van der Waals surface area contributed by atoms with Crippen molar-refractivity contribution in [1.82, 2.24) is 14.8 Å². The van der Waals surface area contributed by atoms with E-state index in [9.17, 15) is 4.79 Å². The van der Waals surface area contributed by atoms with Crippen molar-refractivity contribution in [3.63, 3.8) is 0 Å². The number of rotatable bonds is 3. The van der Waals surface area contributed by atoms with E-state index >= 15 is 0 Å². The van der Waals surface area contributed by atoms with Gasteiger partial charge in [-0.05, 0) is 30.9 Å². The van der Waals surface area contributed by atoms with Crippen LogP contribution in [0.3, 0.4) is 0 Å². The van der Waals surface area contributed by atoms with E-state index in [1.165, 1.54) is 0 Å². The summed E-state index contributed by atoms with van der Waals surface area (Å²) < 4.78 is 2.07. The van der Waals surface area contributed by atoms with Crippen LogP contribution < -0.4 is 5.32 Å². The van der Waals surface area contributed by atoms with Crippen molar-refractivity contribution in [2.45, 2.75) is 26.3 Å². The molecule has 1 fully saturated rings. The molecule has 2 amide bonds. The minimum absolute atomic E-state index is 0.0871. The predicted molar refractivity (Wildman–Crippen MR) is 67.8 cm³/mol. The number of hydrogen-bond acceptors (Lipinski definition) is 1. The third-order valence-electron chi connectivity index (χ3n) is 3.38. The van der Waals surface area contributed by atoms with Crippen LogP contribution in [0.25, 0.3) is 0 Å². The van der Waals surface area contributed by atoms with Gasteiger partial charge in [0.05, 0.1) is 0 Å². The Morgan fingerprint density at radius 1 is 1.29 bits per heavy atom. The number of urea groups is 1. The van der Waals surface area contributed by atoms with Gasteiger partial charge in [0.25, 0.3) is 0 Å². The molecule has 1 N–H and O–H groups in total. The van der Waals surface area contributed by atoms with E-state index in [0.717, 1.165) is 38.4 Å². The zero-order chi connectivity index (χ0) is 12.1. The van der Waals surface area contributed by atoms with Crippen molar-refractivity contribution in [1.29, 1.82) is 0 Å². The van der Waals surface area contributed by atoms with Gasteiger partial charge in [-0.2, -0.15) is 0 Å². The quantitative estimate of drug-likeness (QED) is 0.854. The Kier molecular flexibility index (Phi) is 4.07. The highest BCUT2D eigenvalue weighted by molar-refractivity contribution is 5.74. The first kappa shape index (κ1) is 12.0. The molecule has 1 aromatic rings. The van der Waals surface area contributed by atoms with E-state index in [2.05, 4.69) is 16.8 Å². The van der Waals surface area contributed by atoms with Gasteiger partial charge in [-0.3, -0.25) is 0 Å². The predicted octanol–water partition coefficient (Wildman–Crippen LogP) is 1.93. The van der Waals surface area contributed by atoms with Crippen LogP contribution in [0, 0.1) is 5.92 Å². The smallest absolute Gasteiger partial charge is 0.317 e. The molecule has 0 spiro atoms. The van der Waals surface area contributed by atoms with E-state index in [1.807, 2.05) is 29.4 Å². The maximum absolute atomic E-state index is 11.8. The fourth-order valence-electron chi connectivity index (χ4n) is 2.13. The number of nitrogens with one attached hydrogen (secondary N) is 1. The molecule has 0 radical (unpaired) electrons. The van der Waals surface area contributed by atoms with Gasteiger partial charge in [0.1, 0.15) is 0 Å². The zero-order valence-corrected chi connectivity index (χ0v) is 10.4. The van der Waals surface area contributed by atoms with Gasteiger partial charge in [0.15, 0.2) is 0 Å². The maximum atomic E-state index is 11.8. The third kappa shape index (κ3) is 3.51. The summed E-state index contributed by atoms with van der Waals surface area (Å²) in [5.41, 5.74) is 0. The molecule has 0 atom stereocenters. The molecule has 94 valence electrons. The summed E-state index contributed by atoms with van der Waals surface area (Å²) in [6.45, 7) is 5.58.